The van der Waals surface area contributed by atoms with Gasteiger partial charge in [0.2, 0.25) is 0 Å². The number of nitrogens with zero attached hydrogens (tertiary/aromatic N) is 1. The number of phenolic OH excluding ortho intramolecular Hbond substituents is 1. The maximum Gasteiger partial charge on any atom is 0.573 e. The van der Waals surface area contributed by atoms with E-state index in [0.717, 1.165) is 18.2 Å². The zero-order valence-corrected chi connectivity index (χ0v) is 10.6. The van der Waals surface area contributed by atoms with Gasteiger partial charge in [0.15, 0.2) is 0 Å². The second-order valence-corrected chi connectivity index (χ2v) is 4.00. The van der Waals surface area contributed by atoms with Gasteiger partial charge >= 0.3 is 6.36 Å². The molecule has 0 atom stereocenters. The summed E-state index contributed by atoms with van der Waals surface area (Å²) in [6.07, 6.45) is -3.58. The van der Waals surface area contributed by atoms with E-state index in [1.807, 2.05) is 6.07 Å². The molecule has 0 heterocycles. The van der Waals surface area contributed by atoms with Crippen molar-refractivity contribution in [2.24, 2.45) is 5.10 Å². The lowest BCUT2D eigenvalue weighted by molar-refractivity contribution is -0.274. The molecule has 0 unspecified atom stereocenters. The second kappa shape index (κ2) is 6.17. The molecule has 0 aliphatic heterocycles. The highest BCUT2D eigenvalue weighted by Gasteiger charge is 2.31. The topological polar surface area (TPSA) is 53.9 Å². The third kappa shape index (κ3) is 4.72. The summed E-state index contributed by atoms with van der Waals surface area (Å²) in [6, 6.07) is 12.1. The quantitative estimate of drug-likeness (QED) is 0.667. The van der Waals surface area contributed by atoms with Crippen LogP contribution in [0.1, 0.15) is 5.56 Å². The summed E-state index contributed by atoms with van der Waals surface area (Å²) in [4.78, 5) is 0. The maximum atomic E-state index is 12.1. The standard InChI is InChI=1S/C14H11F3N2O2/c15-14(16,17)21-12-6-7-13(20)10(8-12)9-18-19-11-4-2-1-3-5-11/h1-9,19-20H. The van der Waals surface area contributed by atoms with Gasteiger partial charge in [-0.05, 0) is 30.3 Å². The number of hydrogen-bond acceptors (Lipinski definition) is 4. The van der Waals surface area contributed by atoms with Crippen LogP contribution < -0.4 is 10.2 Å². The first-order valence-corrected chi connectivity index (χ1v) is 5.87. The number of hydrazone groups is 1. The summed E-state index contributed by atoms with van der Waals surface area (Å²) in [5.41, 5.74) is 3.49. The third-order valence-electron chi connectivity index (χ3n) is 2.40. The third-order valence-corrected chi connectivity index (χ3v) is 2.40. The van der Waals surface area contributed by atoms with Gasteiger partial charge in [0.25, 0.3) is 0 Å². The number of hydrogen-bond donors (Lipinski definition) is 2. The van der Waals surface area contributed by atoms with Gasteiger partial charge in [0.1, 0.15) is 11.5 Å². The Morgan fingerprint density at radius 3 is 2.48 bits per heavy atom. The molecule has 0 spiro atoms. The van der Waals surface area contributed by atoms with Crippen LogP contribution in [0.15, 0.2) is 53.6 Å². The molecule has 7 heteroatoms. The van der Waals surface area contributed by atoms with Gasteiger partial charge in [-0.25, -0.2) is 0 Å². The van der Waals surface area contributed by atoms with E-state index in [-0.39, 0.29) is 11.3 Å². The van der Waals surface area contributed by atoms with E-state index in [0.29, 0.717) is 5.69 Å². The van der Waals surface area contributed by atoms with E-state index < -0.39 is 12.1 Å². The SMILES string of the molecule is Oc1ccc(OC(F)(F)F)cc1C=NNc1ccccc1. The molecule has 0 fully saturated rings. The molecule has 2 rings (SSSR count). The van der Waals surface area contributed by atoms with Crippen molar-refractivity contribution >= 4 is 11.9 Å². The molecule has 0 aliphatic carbocycles. The first kappa shape index (κ1) is 14.7. The van der Waals surface area contributed by atoms with E-state index in [1.165, 1.54) is 6.21 Å². The van der Waals surface area contributed by atoms with Crippen LogP contribution in [-0.2, 0) is 0 Å². The van der Waals surface area contributed by atoms with Crippen molar-refractivity contribution < 1.29 is 23.0 Å². The molecule has 2 aromatic rings. The zero-order valence-electron chi connectivity index (χ0n) is 10.6. The minimum atomic E-state index is -4.78. The van der Waals surface area contributed by atoms with Crippen molar-refractivity contribution in [2.45, 2.75) is 6.36 Å². The minimum absolute atomic E-state index is 0.0974. The van der Waals surface area contributed by atoms with E-state index >= 15 is 0 Å². The second-order valence-electron chi connectivity index (χ2n) is 4.00. The molecular weight excluding hydrogens is 285 g/mol. The Hall–Kier alpha value is -2.70. The van der Waals surface area contributed by atoms with Gasteiger partial charge in [-0.2, -0.15) is 5.10 Å². The largest absolute Gasteiger partial charge is 0.573 e. The monoisotopic (exact) mass is 296 g/mol. The number of para-hydroxylation sites is 1. The molecule has 0 aliphatic rings. The maximum absolute atomic E-state index is 12.1. The normalized spacial score (nSPS) is 11.6. The van der Waals surface area contributed by atoms with Crippen LogP contribution in [0.25, 0.3) is 0 Å². The van der Waals surface area contributed by atoms with Crippen molar-refractivity contribution in [1.82, 2.24) is 0 Å². The van der Waals surface area contributed by atoms with Crippen molar-refractivity contribution in [2.75, 3.05) is 5.43 Å². The number of alkyl halides is 3. The molecule has 4 nitrogen and oxygen atoms in total. The number of ether oxygens (including phenoxy) is 1. The molecule has 0 amide bonds. The Labute approximate surface area is 118 Å². The lowest BCUT2D eigenvalue weighted by atomic mass is 10.2. The van der Waals surface area contributed by atoms with E-state index in [9.17, 15) is 18.3 Å². The van der Waals surface area contributed by atoms with Crippen LogP contribution in [0.3, 0.4) is 0 Å². The van der Waals surface area contributed by atoms with Crippen LogP contribution in [-0.4, -0.2) is 17.7 Å². The lowest BCUT2D eigenvalue weighted by Crippen LogP contribution is -2.17. The van der Waals surface area contributed by atoms with Gasteiger partial charge in [-0.1, -0.05) is 18.2 Å². The minimum Gasteiger partial charge on any atom is -0.507 e. The summed E-state index contributed by atoms with van der Waals surface area (Å²) in [6.45, 7) is 0. The number of aromatic hydroxyl groups is 1. The average Bonchev–Trinajstić information content (AvgIpc) is 2.42. The fourth-order valence-corrected chi connectivity index (χ4v) is 1.52. The Balaban J connectivity index is 2.10. The average molecular weight is 296 g/mol. The molecule has 0 radical (unpaired) electrons. The molecule has 0 saturated carbocycles. The summed E-state index contributed by atoms with van der Waals surface area (Å²) in [7, 11) is 0. The Morgan fingerprint density at radius 2 is 1.81 bits per heavy atom. The van der Waals surface area contributed by atoms with Crippen molar-refractivity contribution in [1.29, 1.82) is 0 Å². The Kier molecular flexibility index (Phi) is 4.32. The van der Waals surface area contributed by atoms with Gasteiger partial charge < -0.3 is 9.84 Å². The van der Waals surface area contributed by atoms with Crippen LogP contribution in [0.5, 0.6) is 11.5 Å². The summed E-state index contributed by atoms with van der Waals surface area (Å²) in [5, 5.41) is 13.4. The highest BCUT2D eigenvalue weighted by Crippen LogP contribution is 2.26. The fourth-order valence-electron chi connectivity index (χ4n) is 1.52. The smallest absolute Gasteiger partial charge is 0.507 e. The molecule has 21 heavy (non-hydrogen) atoms. The molecule has 2 aromatic carbocycles. The molecular formula is C14H11F3N2O2. The summed E-state index contributed by atoms with van der Waals surface area (Å²) in [5.74, 6) is -0.635. The molecule has 2 N–H and O–H groups in total. The highest BCUT2D eigenvalue weighted by molar-refractivity contribution is 5.84. The van der Waals surface area contributed by atoms with Crippen LogP contribution in [0, 0.1) is 0 Å². The van der Waals surface area contributed by atoms with Gasteiger partial charge in [0, 0.05) is 5.56 Å². The van der Waals surface area contributed by atoms with Gasteiger partial charge in [0.05, 0.1) is 11.9 Å². The van der Waals surface area contributed by atoms with Crippen LogP contribution >= 0.6 is 0 Å². The predicted octanol–water partition coefficient (Wildman–Crippen LogP) is 3.74. The zero-order chi connectivity index (χ0) is 15.3. The number of anilines is 1. The Bertz CT molecular complexity index is 628. The first-order valence-electron chi connectivity index (χ1n) is 5.87. The van der Waals surface area contributed by atoms with Gasteiger partial charge in [-0.15, -0.1) is 13.2 Å². The lowest BCUT2D eigenvalue weighted by Gasteiger charge is -2.09. The number of benzene rings is 2. The van der Waals surface area contributed by atoms with Crippen molar-refractivity contribution in [3.8, 4) is 11.5 Å². The fraction of sp³-hybridized carbons (Fsp3) is 0.0714. The molecule has 0 bridgehead atoms. The Morgan fingerprint density at radius 1 is 1.10 bits per heavy atom. The van der Waals surface area contributed by atoms with Crippen LogP contribution in [0.2, 0.25) is 0 Å². The van der Waals surface area contributed by atoms with E-state index in [4.69, 9.17) is 0 Å². The molecule has 0 aromatic heterocycles. The number of phenols is 1. The van der Waals surface area contributed by atoms with Crippen molar-refractivity contribution in [3.63, 3.8) is 0 Å². The van der Waals surface area contributed by atoms with E-state index in [1.54, 1.807) is 24.3 Å². The number of halogens is 3. The summed E-state index contributed by atoms with van der Waals surface area (Å²) >= 11 is 0. The van der Waals surface area contributed by atoms with Gasteiger partial charge in [-0.3, -0.25) is 5.43 Å². The molecule has 110 valence electrons. The predicted molar refractivity (Wildman–Crippen MR) is 72.4 cm³/mol. The van der Waals surface area contributed by atoms with Crippen LogP contribution in [0.4, 0.5) is 18.9 Å². The van der Waals surface area contributed by atoms with Crippen molar-refractivity contribution in [3.05, 3.63) is 54.1 Å². The number of rotatable bonds is 4. The highest BCUT2D eigenvalue weighted by atomic mass is 19.4. The summed E-state index contributed by atoms with van der Waals surface area (Å²) < 4.78 is 40.1. The first-order chi connectivity index (χ1) is 9.94. The molecule has 0 saturated heterocycles. The number of nitrogens with one attached hydrogen (secondary N) is 1. The van der Waals surface area contributed by atoms with E-state index in [2.05, 4.69) is 15.3 Å².